The summed E-state index contributed by atoms with van der Waals surface area (Å²) in [6, 6.07) is 5.59. The first kappa shape index (κ1) is 19.8. The maximum Gasteiger partial charge on any atom is 0.262 e. The van der Waals surface area contributed by atoms with E-state index < -0.39 is 0 Å². The summed E-state index contributed by atoms with van der Waals surface area (Å²) in [7, 11) is 0. The van der Waals surface area contributed by atoms with Gasteiger partial charge in [0.05, 0.1) is 16.7 Å². The summed E-state index contributed by atoms with van der Waals surface area (Å²) in [5, 5.41) is 4.85. The number of rotatable bonds is 6. The number of nitrogens with one attached hydrogen (secondary N) is 1. The third-order valence-electron chi connectivity index (χ3n) is 5.82. The maximum absolute atomic E-state index is 13.2. The summed E-state index contributed by atoms with van der Waals surface area (Å²) < 4.78 is 1.83. The van der Waals surface area contributed by atoms with Gasteiger partial charge in [0, 0.05) is 17.1 Å². The van der Waals surface area contributed by atoms with Crippen LogP contribution >= 0.6 is 23.4 Å². The normalized spacial score (nSPS) is 18.9. The molecule has 0 saturated heterocycles. The number of fused-ring (bicyclic) bond motifs is 1. The van der Waals surface area contributed by atoms with E-state index in [2.05, 4.69) is 12.2 Å². The van der Waals surface area contributed by atoms with E-state index >= 15 is 0 Å². The van der Waals surface area contributed by atoms with Crippen LogP contribution in [-0.4, -0.2) is 27.3 Å². The highest BCUT2D eigenvalue weighted by molar-refractivity contribution is 7.99. The van der Waals surface area contributed by atoms with Crippen molar-refractivity contribution < 1.29 is 4.79 Å². The quantitative estimate of drug-likeness (QED) is 0.550. The van der Waals surface area contributed by atoms with E-state index in [0.29, 0.717) is 27.0 Å². The van der Waals surface area contributed by atoms with Gasteiger partial charge in [0.15, 0.2) is 5.16 Å². The van der Waals surface area contributed by atoms with Crippen LogP contribution in [0.2, 0.25) is 5.02 Å². The summed E-state index contributed by atoms with van der Waals surface area (Å²) in [5.41, 5.74) is 0.571. The largest absolute Gasteiger partial charge is 0.353 e. The van der Waals surface area contributed by atoms with Gasteiger partial charge in [0.2, 0.25) is 5.91 Å². The Labute approximate surface area is 174 Å². The molecule has 7 heteroatoms. The van der Waals surface area contributed by atoms with Gasteiger partial charge in [-0.25, -0.2) is 4.98 Å². The molecule has 4 rings (SSSR count). The SMILES string of the molecule is C[C@@H](NC(=O)CSc1nc2cc(Cl)ccc2c(=O)n1C1CCCCC1)C1CC1. The van der Waals surface area contributed by atoms with E-state index in [1.165, 1.54) is 31.0 Å². The highest BCUT2D eigenvalue weighted by Crippen LogP contribution is 2.33. The number of amides is 1. The second-order valence-electron chi connectivity index (χ2n) is 8.01. The molecule has 2 saturated carbocycles. The van der Waals surface area contributed by atoms with Crippen molar-refractivity contribution in [3.05, 3.63) is 33.6 Å². The number of hydrogen-bond donors (Lipinski definition) is 1. The number of benzene rings is 1. The fourth-order valence-corrected chi connectivity index (χ4v) is 5.10. The number of hydrogen-bond acceptors (Lipinski definition) is 4. The second-order valence-corrected chi connectivity index (χ2v) is 9.38. The number of carbonyl (C=O) groups is 1. The Kier molecular flexibility index (Phi) is 5.97. The van der Waals surface area contributed by atoms with E-state index in [4.69, 9.17) is 16.6 Å². The molecule has 0 bridgehead atoms. The predicted octanol–water partition coefficient (Wildman–Crippen LogP) is 4.56. The molecule has 1 N–H and O–H groups in total. The van der Waals surface area contributed by atoms with Crippen LogP contribution < -0.4 is 10.9 Å². The molecule has 1 aromatic heterocycles. The molecular formula is C21H26ClN3O2S. The lowest BCUT2D eigenvalue weighted by Gasteiger charge is -2.26. The molecule has 1 heterocycles. The predicted molar refractivity (Wildman–Crippen MR) is 114 cm³/mol. The lowest BCUT2D eigenvalue weighted by atomic mass is 9.95. The Hall–Kier alpha value is -1.53. The van der Waals surface area contributed by atoms with Gasteiger partial charge in [0.1, 0.15) is 0 Å². The van der Waals surface area contributed by atoms with Gasteiger partial charge in [-0.1, -0.05) is 42.6 Å². The van der Waals surface area contributed by atoms with Crippen molar-refractivity contribution in [3.8, 4) is 0 Å². The van der Waals surface area contributed by atoms with Gasteiger partial charge in [-0.2, -0.15) is 0 Å². The molecule has 1 aromatic carbocycles. The number of thioether (sulfide) groups is 1. The van der Waals surface area contributed by atoms with Crippen LogP contribution in [0.5, 0.6) is 0 Å². The molecule has 1 amide bonds. The zero-order chi connectivity index (χ0) is 19.7. The zero-order valence-electron chi connectivity index (χ0n) is 16.1. The van der Waals surface area contributed by atoms with E-state index in [9.17, 15) is 9.59 Å². The van der Waals surface area contributed by atoms with E-state index in [0.717, 1.165) is 25.7 Å². The fourth-order valence-electron chi connectivity index (χ4n) is 4.05. The van der Waals surface area contributed by atoms with Gasteiger partial charge in [0.25, 0.3) is 5.56 Å². The molecule has 150 valence electrons. The zero-order valence-corrected chi connectivity index (χ0v) is 17.7. The molecule has 2 aromatic rings. The van der Waals surface area contributed by atoms with Crippen molar-refractivity contribution in [2.24, 2.45) is 5.92 Å². The molecule has 28 heavy (non-hydrogen) atoms. The number of aromatic nitrogens is 2. The van der Waals surface area contributed by atoms with Crippen LogP contribution in [0.1, 0.15) is 57.9 Å². The van der Waals surface area contributed by atoms with Crippen LogP contribution in [-0.2, 0) is 4.79 Å². The van der Waals surface area contributed by atoms with Gasteiger partial charge in [-0.05, 0) is 56.7 Å². The molecule has 2 fully saturated rings. The highest BCUT2D eigenvalue weighted by Gasteiger charge is 2.29. The van der Waals surface area contributed by atoms with Crippen LogP contribution in [0, 0.1) is 5.92 Å². The Morgan fingerprint density at radius 1 is 1.29 bits per heavy atom. The lowest BCUT2D eigenvalue weighted by Crippen LogP contribution is -2.35. The third kappa shape index (κ3) is 4.38. The van der Waals surface area contributed by atoms with Crippen molar-refractivity contribution >= 4 is 40.2 Å². The monoisotopic (exact) mass is 419 g/mol. The second kappa shape index (κ2) is 8.46. The molecule has 1 atom stereocenters. The minimum atomic E-state index is -0.0252. The first-order valence-electron chi connectivity index (χ1n) is 10.2. The topological polar surface area (TPSA) is 64.0 Å². The van der Waals surface area contributed by atoms with Crippen molar-refractivity contribution in [2.75, 3.05) is 5.75 Å². The molecule has 2 aliphatic rings. The highest BCUT2D eigenvalue weighted by atomic mass is 35.5. The standard InChI is InChI=1S/C21H26ClN3O2S/c1-13(14-7-8-14)23-19(26)12-28-21-24-18-11-15(22)9-10-17(18)20(27)25(21)16-5-3-2-4-6-16/h9-11,13-14,16H,2-8,12H2,1H3,(H,23,26)/t13-/m1/s1. The smallest absolute Gasteiger partial charge is 0.262 e. The minimum Gasteiger partial charge on any atom is -0.353 e. The molecule has 0 radical (unpaired) electrons. The summed E-state index contributed by atoms with van der Waals surface area (Å²) in [6.45, 7) is 2.06. The minimum absolute atomic E-state index is 0.0000316. The van der Waals surface area contributed by atoms with Crippen LogP contribution in [0.3, 0.4) is 0 Å². The van der Waals surface area contributed by atoms with Gasteiger partial charge in [-0.3, -0.25) is 14.2 Å². The maximum atomic E-state index is 13.2. The van der Waals surface area contributed by atoms with E-state index in [1.807, 2.05) is 4.57 Å². The lowest BCUT2D eigenvalue weighted by molar-refractivity contribution is -0.119. The average Bonchev–Trinajstić information content (AvgIpc) is 3.52. The molecule has 5 nitrogen and oxygen atoms in total. The Morgan fingerprint density at radius 2 is 2.04 bits per heavy atom. The summed E-state index contributed by atoms with van der Waals surface area (Å²) in [6.07, 6.45) is 7.83. The van der Waals surface area contributed by atoms with Gasteiger partial charge < -0.3 is 5.32 Å². The number of halogens is 1. The fraction of sp³-hybridized carbons (Fsp3) is 0.571. The van der Waals surface area contributed by atoms with Crippen molar-refractivity contribution in [1.82, 2.24) is 14.9 Å². The summed E-state index contributed by atoms with van der Waals surface area (Å²) >= 11 is 7.47. The molecule has 2 aliphatic carbocycles. The van der Waals surface area contributed by atoms with E-state index in [-0.39, 0.29) is 29.3 Å². The summed E-state index contributed by atoms with van der Waals surface area (Å²) in [5.74, 6) is 0.887. The number of carbonyl (C=O) groups excluding carboxylic acids is 1. The van der Waals surface area contributed by atoms with E-state index in [1.54, 1.807) is 18.2 Å². The summed E-state index contributed by atoms with van der Waals surface area (Å²) in [4.78, 5) is 30.4. The molecule has 0 unspecified atom stereocenters. The third-order valence-corrected chi connectivity index (χ3v) is 7.01. The van der Waals surface area contributed by atoms with Gasteiger partial charge >= 0.3 is 0 Å². The van der Waals surface area contributed by atoms with Crippen LogP contribution in [0.25, 0.3) is 10.9 Å². The molecule has 0 spiro atoms. The van der Waals surface area contributed by atoms with Crippen molar-refractivity contribution in [3.63, 3.8) is 0 Å². The molecule has 0 aliphatic heterocycles. The van der Waals surface area contributed by atoms with Gasteiger partial charge in [-0.15, -0.1) is 0 Å². The van der Waals surface area contributed by atoms with Crippen molar-refractivity contribution in [2.45, 2.75) is 69.1 Å². The Bertz CT molecular complexity index is 935. The average molecular weight is 420 g/mol. The first-order valence-corrected chi connectivity index (χ1v) is 11.5. The van der Waals surface area contributed by atoms with Crippen LogP contribution in [0.4, 0.5) is 0 Å². The first-order chi connectivity index (χ1) is 13.5. The molecular weight excluding hydrogens is 394 g/mol. The number of nitrogens with zero attached hydrogens (tertiary/aromatic N) is 2. The van der Waals surface area contributed by atoms with Crippen LogP contribution in [0.15, 0.2) is 28.2 Å². The Morgan fingerprint density at radius 3 is 2.75 bits per heavy atom. The van der Waals surface area contributed by atoms with Crippen molar-refractivity contribution in [1.29, 1.82) is 0 Å². The Balaban J connectivity index is 1.62.